The van der Waals surface area contributed by atoms with Gasteiger partial charge >= 0.3 is 5.97 Å². The molecular weight excluding hydrogens is 344 g/mol. The highest BCUT2D eigenvalue weighted by Crippen LogP contribution is 2.15. The number of hydrogen-bond acceptors (Lipinski definition) is 5. The molecule has 6 heteroatoms. The van der Waals surface area contributed by atoms with E-state index >= 15 is 0 Å². The first-order chi connectivity index (χ1) is 13.0. The molecule has 27 heavy (non-hydrogen) atoms. The van der Waals surface area contributed by atoms with Gasteiger partial charge in [0.1, 0.15) is 0 Å². The van der Waals surface area contributed by atoms with Crippen LogP contribution in [0.25, 0.3) is 0 Å². The van der Waals surface area contributed by atoms with Gasteiger partial charge in [-0.25, -0.2) is 4.79 Å². The molecule has 0 saturated heterocycles. The minimum atomic E-state index is -0.582. The predicted octanol–water partition coefficient (Wildman–Crippen LogP) is 3.61. The molecule has 0 N–H and O–H groups in total. The van der Waals surface area contributed by atoms with Crippen molar-refractivity contribution in [1.82, 2.24) is 10.1 Å². The number of amides is 1. The maximum absolute atomic E-state index is 12.8. The van der Waals surface area contributed by atoms with Crippen molar-refractivity contribution in [3.8, 4) is 0 Å². The van der Waals surface area contributed by atoms with Gasteiger partial charge in [0, 0.05) is 19.7 Å². The second-order valence-corrected chi connectivity index (χ2v) is 6.20. The third-order valence-corrected chi connectivity index (χ3v) is 4.01. The molecule has 0 unspecified atom stereocenters. The van der Waals surface area contributed by atoms with Gasteiger partial charge in [-0.2, -0.15) is 0 Å². The lowest BCUT2D eigenvalue weighted by Gasteiger charge is -2.18. The summed E-state index contributed by atoms with van der Waals surface area (Å²) in [5, 5.41) is 3.75. The second kappa shape index (κ2) is 8.31. The number of ether oxygens (including phenoxy) is 1. The Labute approximate surface area is 157 Å². The summed E-state index contributed by atoms with van der Waals surface area (Å²) in [7, 11) is 1.70. The molecule has 0 aliphatic carbocycles. The van der Waals surface area contributed by atoms with Crippen LogP contribution in [0.4, 0.5) is 0 Å². The van der Waals surface area contributed by atoms with Crippen LogP contribution in [0.1, 0.15) is 37.7 Å². The number of esters is 1. The molecule has 1 amide bonds. The Morgan fingerprint density at radius 1 is 1.04 bits per heavy atom. The maximum Gasteiger partial charge on any atom is 0.339 e. The fourth-order valence-corrected chi connectivity index (χ4v) is 2.68. The summed E-state index contributed by atoms with van der Waals surface area (Å²) in [6.45, 7) is 2.19. The minimum absolute atomic E-state index is 0.0396. The quantitative estimate of drug-likeness (QED) is 0.625. The van der Waals surface area contributed by atoms with E-state index in [1.807, 2.05) is 30.3 Å². The lowest BCUT2D eigenvalue weighted by Crippen LogP contribution is -2.28. The molecule has 6 nitrogen and oxygen atoms in total. The number of hydrogen-bond donors (Lipinski definition) is 0. The Hall–Kier alpha value is -3.41. The van der Waals surface area contributed by atoms with E-state index in [9.17, 15) is 9.59 Å². The SMILES string of the molecule is Cc1cc(COC(=O)c2ccccc2C(=O)N(C)Cc2ccccc2)on1. The number of carbonyl (C=O) groups is 2. The maximum atomic E-state index is 12.8. The van der Waals surface area contributed by atoms with Crippen molar-refractivity contribution in [3.63, 3.8) is 0 Å². The molecule has 138 valence electrons. The Bertz CT molecular complexity index is 934. The highest BCUT2D eigenvalue weighted by Gasteiger charge is 2.21. The second-order valence-electron chi connectivity index (χ2n) is 6.20. The zero-order chi connectivity index (χ0) is 19.2. The van der Waals surface area contributed by atoms with Gasteiger partial charge in [0.2, 0.25) is 0 Å². The number of rotatable bonds is 6. The van der Waals surface area contributed by atoms with E-state index in [4.69, 9.17) is 9.26 Å². The van der Waals surface area contributed by atoms with E-state index in [1.54, 1.807) is 49.2 Å². The van der Waals surface area contributed by atoms with Crippen LogP contribution in [0.15, 0.2) is 65.2 Å². The summed E-state index contributed by atoms with van der Waals surface area (Å²) in [5.74, 6) is -0.381. The minimum Gasteiger partial charge on any atom is -0.454 e. The zero-order valence-corrected chi connectivity index (χ0v) is 15.2. The molecule has 0 atom stereocenters. The van der Waals surface area contributed by atoms with E-state index in [-0.39, 0.29) is 18.1 Å². The van der Waals surface area contributed by atoms with Crippen LogP contribution in [0, 0.1) is 6.92 Å². The molecule has 0 fully saturated rings. The molecule has 1 aromatic heterocycles. The molecule has 1 heterocycles. The van der Waals surface area contributed by atoms with Crippen LogP contribution in [0.2, 0.25) is 0 Å². The monoisotopic (exact) mass is 364 g/mol. The van der Waals surface area contributed by atoms with Gasteiger partial charge < -0.3 is 14.2 Å². The molecule has 0 bridgehead atoms. The van der Waals surface area contributed by atoms with Gasteiger partial charge in [-0.3, -0.25) is 4.79 Å². The van der Waals surface area contributed by atoms with Crippen LogP contribution in [0.3, 0.4) is 0 Å². The van der Waals surface area contributed by atoms with E-state index in [1.165, 1.54) is 0 Å². The Morgan fingerprint density at radius 2 is 1.70 bits per heavy atom. The fourth-order valence-electron chi connectivity index (χ4n) is 2.68. The average molecular weight is 364 g/mol. The molecule has 0 spiro atoms. The van der Waals surface area contributed by atoms with E-state index in [0.29, 0.717) is 23.6 Å². The van der Waals surface area contributed by atoms with Crippen LogP contribution in [-0.4, -0.2) is 29.0 Å². The number of benzene rings is 2. The molecular formula is C21H20N2O4. The lowest BCUT2D eigenvalue weighted by molar-refractivity contribution is 0.0432. The number of nitrogens with zero attached hydrogens (tertiary/aromatic N) is 2. The number of carbonyl (C=O) groups excluding carboxylic acids is 2. The van der Waals surface area contributed by atoms with Crippen molar-refractivity contribution in [1.29, 1.82) is 0 Å². The van der Waals surface area contributed by atoms with Crippen molar-refractivity contribution in [2.75, 3.05) is 7.05 Å². The standard InChI is InChI=1S/C21H20N2O4/c1-15-12-17(27-22-15)14-26-21(25)19-11-7-6-10-18(19)20(24)23(2)13-16-8-4-3-5-9-16/h3-12H,13-14H2,1-2H3. The first kappa shape index (κ1) is 18.4. The predicted molar refractivity (Wildman–Crippen MR) is 99.0 cm³/mol. The summed E-state index contributed by atoms with van der Waals surface area (Å²) in [5.41, 5.74) is 2.24. The Morgan fingerprint density at radius 3 is 2.37 bits per heavy atom. The van der Waals surface area contributed by atoms with E-state index in [0.717, 1.165) is 5.56 Å². The molecule has 2 aromatic carbocycles. The first-order valence-corrected chi connectivity index (χ1v) is 8.52. The van der Waals surface area contributed by atoms with Gasteiger partial charge in [0.25, 0.3) is 5.91 Å². The fraction of sp³-hybridized carbons (Fsp3) is 0.190. The summed E-state index contributed by atoms with van der Waals surface area (Å²) < 4.78 is 10.3. The van der Waals surface area contributed by atoms with Gasteiger partial charge in [-0.1, -0.05) is 47.6 Å². The van der Waals surface area contributed by atoms with Crippen LogP contribution in [0.5, 0.6) is 0 Å². The Balaban J connectivity index is 1.72. The highest BCUT2D eigenvalue weighted by molar-refractivity contribution is 6.05. The van der Waals surface area contributed by atoms with Gasteiger partial charge in [0.05, 0.1) is 16.8 Å². The molecule has 0 aliphatic heterocycles. The van der Waals surface area contributed by atoms with Gasteiger partial charge in [0.15, 0.2) is 12.4 Å². The van der Waals surface area contributed by atoms with Crippen LogP contribution in [-0.2, 0) is 17.9 Å². The lowest BCUT2D eigenvalue weighted by atomic mass is 10.1. The smallest absolute Gasteiger partial charge is 0.339 e. The first-order valence-electron chi connectivity index (χ1n) is 8.52. The van der Waals surface area contributed by atoms with Crippen molar-refractivity contribution < 1.29 is 18.8 Å². The largest absolute Gasteiger partial charge is 0.454 e. The molecule has 3 rings (SSSR count). The molecule has 3 aromatic rings. The average Bonchev–Trinajstić information content (AvgIpc) is 3.11. The van der Waals surface area contributed by atoms with Crippen molar-refractivity contribution in [2.24, 2.45) is 0 Å². The summed E-state index contributed by atoms with van der Waals surface area (Å²) in [6, 6.07) is 18.0. The van der Waals surface area contributed by atoms with Crippen LogP contribution >= 0.6 is 0 Å². The van der Waals surface area contributed by atoms with Crippen LogP contribution < -0.4 is 0 Å². The third-order valence-electron chi connectivity index (χ3n) is 4.01. The third kappa shape index (κ3) is 4.61. The van der Waals surface area contributed by atoms with Crippen molar-refractivity contribution in [2.45, 2.75) is 20.1 Å². The number of aryl methyl sites for hydroxylation is 1. The normalized spacial score (nSPS) is 10.4. The molecule has 0 saturated carbocycles. The zero-order valence-electron chi connectivity index (χ0n) is 15.2. The summed E-state index contributed by atoms with van der Waals surface area (Å²) >= 11 is 0. The van der Waals surface area contributed by atoms with Crippen molar-refractivity contribution >= 4 is 11.9 Å². The van der Waals surface area contributed by atoms with E-state index < -0.39 is 5.97 Å². The summed E-state index contributed by atoms with van der Waals surface area (Å²) in [4.78, 5) is 26.9. The number of aromatic nitrogens is 1. The summed E-state index contributed by atoms with van der Waals surface area (Å²) in [6.07, 6.45) is 0. The van der Waals surface area contributed by atoms with E-state index in [2.05, 4.69) is 5.16 Å². The topological polar surface area (TPSA) is 72.6 Å². The highest BCUT2D eigenvalue weighted by atomic mass is 16.5. The van der Waals surface area contributed by atoms with Crippen molar-refractivity contribution in [3.05, 3.63) is 88.8 Å². The molecule has 0 aliphatic rings. The van der Waals surface area contributed by atoms with Gasteiger partial charge in [-0.15, -0.1) is 0 Å². The Kier molecular flexibility index (Phi) is 5.66. The molecule has 0 radical (unpaired) electrons. The van der Waals surface area contributed by atoms with Gasteiger partial charge in [-0.05, 0) is 24.6 Å².